The Morgan fingerprint density at radius 2 is 2.30 bits per heavy atom. The van der Waals surface area contributed by atoms with Gasteiger partial charge in [0.1, 0.15) is 5.75 Å². The summed E-state index contributed by atoms with van der Waals surface area (Å²) < 4.78 is 0. The van der Waals surface area contributed by atoms with E-state index >= 15 is 0 Å². The maximum atomic E-state index is 12.6. The summed E-state index contributed by atoms with van der Waals surface area (Å²) in [6.07, 6.45) is 3.18. The number of benzene rings is 1. The minimum absolute atomic E-state index is 0.0247. The number of phenols is 1. The zero-order valence-corrected chi connectivity index (χ0v) is 12.3. The van der Waals surface area contributed by atoms with Gasteiger partial charge in [0.05, 0.1) is 12.1 Å². The molecular formula is C16H24N2O2. The van der Waals surface area contributed by atoms with Crippen LogP contribution in [-0.2, 0) is 4.79 Å². The number of hydrogen-bond donors (Lipinski definition) is 2. The minimum Gasteiger partial charge on any atom is -0.508 e. The first-order valence-corrected chi connectivity index (χ1v) is 7.46. The van der Waals surface area contributed by atoms with Gasteiger partial charge in [0, 0.05) is 6.54 Å². The number of nitrogens with one attached hydrogen (secondary N) is 1. The molecule has 4 nitrogen and oxygen atoms in total. The van der Waals surface area contributed by atoms with Crippen LogP contribution in [0.15, 0.2) is 24.3 Å². The molecule has 0 spiro atoms. The van der Waals surface area contributed by atoms with E-state index < -0.39 is 0 Å². The molecular weight excluding hydrogens is 252 g/mol. The van der Waals surface area contributed by atoms with E-state index in [0.717, 1.165) is 31.4 Å². The van der Waals surface area contributed by atoms with Gasteiger partial charge >= 0.3 is 0 Å². The minimum atomic E-state index is -0.0524. The Morgan fingerprint density at radius 3 is 2.90 bits per heavy atom. The molecule has 0 bridgehead atoms. The van der Waals surface area contributed by atoms with Crippen LogP contribution in [0, 0.1) is 0 Å². The van der Waals surface area contributed by atoms with Gasteiger partial charge in [-0.25, -0.2) is 0 Å². The van der Waals surface area contributed by atoms with Gasteiger partial charge in [0.25, 0.3) is 0 Å². The van der Waals surface area contributed by atoms with Crippen LogP contribution < -0.4 is 5.32 Å². The summed E-state index contributed by atoms with van der Waals surface area (Å²) in [6, 6.07) is 7.07. The van der Waals surface area contributed by atoms with Gasteiger partial charge in [-0.2, -0.15) is 0 Å². The molecule has 1 unspecified atom stereocenters. The van der Waals surface area contributed by atoms with Crippen LogP contribution in [0.5, 0.6) is 5.75 Å². The van der Waals surface area contributed by atoms with Gasteiger partial charge < -0.3 is 15.3 Å². The van der Waals surface area contributed by atoms with E-state index in [1.54, 1.807) is 12.1 Å². The van der Waals surface area contributed by atoms with Gasteiger partial charge in [0.2, 0.25) is 5.91 Å². The van der Waals surface area contributed by atoms with Crippen molar-refractivity contribution in [2.24, 2.45) is 0 Å². The number of hydrogen-bond acceptors (Lipinski definition) is 3. The zero-order valence-electron chi connectivity index (χ0n) is 12.3. The molecule has 1 aromatic carbocycles. The Labute approximate surface area is 120 Å². The highest BCUT2D eigenvalue weighted by Crippen LogP contribution is 2.24. The molecule has 1 saturated heterocycles. The highest BCUT2D eigenvalue weighted by Gasteiger charge is 2.28. The first kappa shape index (κ1) is 14.9. The molecule has 1 aliphatic heterocycles. The number of phenolic OH excluding ortho intramolecular Hbond substituents is 1. The molecule has 0 radical (unpaired) electrons. The zero-order chi connectivity index (χ0) is 14.5. The molecule has 2 rings (SSSR count). The summed E-state index contributed by atoms with van der Waals surface area (Å²) in [4.78, 5) is 14.5. The molecule has 0 aliphatic carbocycles. The first-order chi connectivity index (χ1) is 9.63. The van der Waals surface area contributed by atoms with Crippen LogP contribution in [0.4, 0.5) is 0 Å². The summed E-state index contributed by atoms with van der Waals surface area (Å²) in [7, 11) is 0. The Balaban J connectivity index is 2.12. The van der Waals surface area contributed by atoms with Gasteiger partial charge in [-0.1, -0.05) is 18.6 Å². The maximum Gasteiger partial charge on any atom is 0.240 e. The van der Waals surface area contributed by atoms with Crippen molar-refractivity contribution < 1.29 is 9.90 Å². The third kappa shape index (κ3) is 3.31. The van der Waals surface area contributed by atoms with Crippen molar-refractivity contribution in [2.75, 3.05) is 13.1 Å². The van der Waals surface area contributed by atoms with Crippen LogP contribution in [0.2, 0.25) is 0 Å². The van der Waals surface area contributed by atoms with Gasteiger partial charge in [-0.05, 0) is 50.9 Å². The second-order valence-electron chi connectivity index (χ2n) is 5.40. The second kappa shape index (κ2) is 6.75. The summed E-state index contributed by atoms with van der Waals surface area (Å²) in [5.41, 5.74) is 0.969. The third-order valence-electron chi connectivity index (χ3n) is 4.05. The fourth-order valence-electron chi connectivity index (χ4n) is 2.85. The summed E-state index contributed by atoms with van der Waals surface area (Å²) in [5, 5.41) is 12.9. The number of piperidine rings is 1. The van der Waals surface area contributed by atoms with Crippen molar-refractivity contribution in [1.82, 2.24) is 10.2 Å². The highest BCUT2D eigenvalue weighted by molar-refractivity contribution is 5.82. The summed E-state index contributed by atoms with van der Waals surface area (Å²) >= 11 is 0. The largest absolute Gasteiger partial charge is 0.508 e. The molecule has 0 aromatic heterocycles. The van der Waals surface area contributed by atoms with E-state index in [1.165, 1.54) is 0 Å². The lowest BCUT2D eigenvalue weighted by atomic mass is 10.0. The second-order valence-corrected chi connectivity index (χ2v) is 5.40. The molecule has 0 saturated carbocycles. The molecule has 1 aromatic rings. The first-order valence-electron chi connectivity index (χ1n) is 7.46. The number of amides is 1. The molecule has 1 heterocycles. The molecule has 20 heavy (non-hydrogen) atoms. The molecule has 4 heteroatoms. The normalized spacial score (nSPS) is 20.4. The third-order valence-corrected chi connectivity index (χ3v) is 4.05. The number of likely N-dealkylation sites (N-methyl/N-ethyl adjacent to an activating group) is 1. The van der Waals surface area contributed by atoms with E-state index in [-0.39, 0.29) is 23.7 Å². The van der Waals surface area contributed by atoms with Crippen molar-refractivity contribution in [3.05, 3.63) is 29.8 Å². The average molecular weight is 276 g/mol. The van der Waals surface area contributed by atoms with E-state index in [9.17, 15) is 9.90 Å². The topological polar surface area (TPSA) is 52.6 Å². The van der Waals surface area contributed by atoms with E-state index in [4.69, 9.17) is 0 Å². The summed E-state index contributed by atoms with van der Waals surface area (Å²) in [6.45, 7) is 5.61. The van der Waals surface area contributed by atoms with Crippen molar-refractivity contribution in [2.45, 2.75) is 45.2 Å². The van der Waals surface area contributed by atoms with Crippen LogP contribution in [0.25, 0.3) is 0 Å². The van der Waals surface area contributed by atoms with E-state index in [1.807, 2.05) is 30.9 Å². The molecule has 1 amide bonds. The van der Waals surface area contributed by atoms with Crippen LogP contribution >= 0.6 is 0 Å². The Bertz CT molecular complexity index is 456. The number of aromatic hydroxyl groups is 1. The predicted molar refractivity (Wildman–Crippen MR) is 79.6 cm³/mol. The van der Waals surface area contributed by atoms with Crippen molar-refractivity contribution in [3.8, 4) is 5.75 Å². The van der Waals surface area contributed by atoms with E-state index in [2.05, 4.69) is 5.32 Å². The Morgan fingerprint density at radius 1 is 1.50 bits per heavy atom. The van der Waals surface area contributed by atoms with Gasteiger partial charge in [-0.15, -0.1) is 0 Å². The fraction of sp³-hybridized carbons (Fsp3) is 0.562. The molecule has 110 valence electrons. The van der Waals surface area contributed by atoms with Crippen molar-refractivity contribution in [1.29, 1.82) is 0 Å². The van der Waals surface area contributed by atoms with Crippen LogP contribution in [0.1, 0.15) is 44.7 Å². The highest BCUT2D eigenvalue weighted by atomic mass is 16.3. The SMILES string of the molecule is CCN(C(=O)[C@H]1CCCCN1)C(C)c1cccc(O)c1. The predicted octanol–water partition coefficient (Wildman–Crippen LogP) is 2.44. The summed E-state index contributed by atoms with van der Waals surface area (Å²) in [5.74, 6) is 0.414. The number of carbonyl (C=O) groups excluding carboxylic acids is 1. The Hall–Kier alpha value is -1.55. The molecule has 2 atom stereocenters. The van der Waals surface area contributed by atoms with Crippen LogP contribution in [0.3, 0.4) is 0 Å². The Kier molecular flexibility index (Phi) is 5.01. The van der Waals surface area contributed by atoms with Gasteiger partial charge in [-0.3, -0.25) is 4.79 Å². The van der Waals surface area contributed by atoms with Crippen molar-refractivity contribution in [3.63, 3.8) is 0 Å². The lowest BCUT2D eigenvalue weighted by Gasteiger charge is -2.33. The maximum absolute atomic E-state index is 12.6. The average Bonchev–Trinajstić information content (AvgIpc) is 2.48. The van der Waals surface area contributed by atoms with Gasteiger partial charge in [0.15, 0.2) is 0 Å². The molecule has 1 aliphatic rings. The monoisotopic (exact) mass is 276 g/mol. The fourth-order valence-corrected chi connectivity index (χ4v) is 2.85. The number of rotatable bonds is 4. The standard InChI is InChI=1S/C16H24N2O2/c1-3-18(16(20)15-9-4-5-10-17-15)12(2)13-7-6-8-14(19)11-13/h6-8,11-12,15,17,19H,3-5,9-10H2,1-2H3/t12?,15-/m1/s1. The number of carbonyl (C=O) groups is 1. The smallest absolute Gasteiger partial charge is 0.240 e. The van der Waals surface area contributed by atoms with Crippen molar-refractivity contribution >= 4 is 5.91 Å². The lowest BCUT2D eigenvalue weighted by molar-refractivity contribution is -0.136. The molecule has 2 N–H and O–H groups in total. The molecule has 1 fully saturated rings. The number of nitrogens with zero attached hydrogens (tertiary/aromatic N) is 1. The quantitative estimate of drug-likeness (QED) is 0.888. The lowest BCUT2D eigenvalue weighted by Crippen LogP contribution is -2.49. The van der Waals surface area contributed by atoms with E-state index in [0.29, 0.717) is 6.54 Å². The van der Waals surface area contributed by atoms with Crippen LogP contribution in [-0.4, -0.2) is 35.0 Å².